The van der Waals surface area contributed by atoms with Crippen molar-refractivity contribution in [2.24, 2.45) is 0 Å². The predicted molar refractivity (Wildman–Crippen MR) is 94.8 cm³/mol. The van der Waals surface area contributed by atoms with Crippen LogP contribution in [0.3, 0.4) is 0 Å². The zero-order chi connectivity index (χ0) is 16.8. The first-order chi connectivity index (χ1) is 11.7. The van der Waals surface area contributed by atoms with Crippen LogP contribution in [0.4, 0.5) is 0 Å². The summed E-state index contributed by atoms with van der Waals surface area (Å²) in [4.78, 5) is 16.7. The first-order valence-electron chi connectivity index (χ1n) is 8.41. The molecule has 1 aliphatic rings. The molecule has 0 N–H and O–H groups in total. The first kappa shape index (κ1) is 16.7. The fourth-order valence-corrected chi connectivity index (χ4v) is 2.92. The third kappa shape index (κ3) is 4.43. The molecule has 126 valence electrons. The molecule has 0 aliphatic carbocycles. The maximum Gasteiger partial charge on any atom is 0.253 e. The van der Waals surface area contributed by atoms with Crippen molar-refractivity contribution in [2.75, 3.05) is 33.4 Å². The van der Waals surface area contributed by atoms with E-state index in [9.17, 15) is 4.79 Å². The molecule has 0 spiro atoms. The summed E-state index contributed by atoms with van der Waals surface area (Å²) in [6.07, 6.45) is 0. The molecule has 0 atom stereocenters. The second-order valence-electron chi connectivity index (χ2n) is 6.23. The topological polar surface area (TPSA) is 32.8 Å². The van der Waals surface area contributed by atoms with Crippen LogP contribution in [-0.4, -0.2) is 49.1 Å². The number of benzene rings is 2. The van der Waals surface area contributed by atoms with Gasteiger partial charge in [-0.15, -0.1) is 0 Å². The third-order valence-corrected chi connectivity index (χ3v) is 4.32. The summed E-state index contributed by atoms with van der Waals surface area (Å²) < 4.78 is 5.37. The van der Waals surface area contributed by atoms with E-state index in [0.29, 0.717) is 6.54 Å². The van der Waals surface area contributed by atoms with Crippen molar-refractivity contribution < 1.29 is 9.53 Å². The van der Waals surface area contributed by atoms with Crippen LogP contribution in [0.15, 0.2) is 54.6 Å². The van der Waals surface area contributed by atoms with E-state index >= 15 is 0 Å². The molecule has 0 saturated carbocycles. The highest BCUT2D eigenvalue weighted by Crippen LogP contribution is 2.12. The Morgan fingerprint density at radius 2 is 1.67 bits per heavy atom. The Morgan fingerprint density at radius 1 is 1.00 bits per heavy atom. The summed E-state index contributed by atoms with van der Waals surface area (Å²) in [5.74, 6) is 0.0526. The van der Waals surface area contributed by atoms with E-state index in [1.54, 1.807) is 4.90 Å². The van der Waals surface area contributed by atoms with Gasteiger partial charge in [0.1, 0.15) is 0 Å². The van der Waals surface area contributed by atoms with E-state index in [1.807, 2.05) is 49.5 Å². The predicted octanol–water partition coefficient (Wildman–Crippen LogP) is 2.79. The van der Waals surface area contributed by atoms with E-state index in [2.05, 4.69) is 17.0 Å². The molecule has 1 amide bonds. The molecule has 0 bridgehead atoms. The van der Waals surface area contributed by atoms with Gasteiger partial charge in [-0.3, -0.25) is 9.69 Å². The summed E-state index contributed by atoms with van der Waals surface area (Å²) in [5.41, 5.74) is 3.11. The van der Waals surface area contributed by atoms with Gasteiger partial charge in [-0.05, 0) is 23.3 Å². The number of ether oxygens (including phenoxy) is 1. The lowest BCUT2D eigenvalue weighted by molar-refractivity contribution is 0.0342. The van der Waals surface area contributed by atoms with Crippen molar-refractivity contribution >= 4 is 5.91 Å². The van der Waals surface area contributed by atoms with Gasteiger partial charge in [0.2, 0.25) is 0 Å². The van der Waals surface area contributed by atoms with Crippen molar-refractivity contribution in [3.63, 3.8) is 0 Å². The lowest BCUT2D eigenvalue weighted by Gasteiger charge is -2.26. The number of nitrogens with zero attached hydrogens (tertiary/aromatic N) is 2. The lowest BCUT2D eigenvalue weighted by Crippen LogP contribution is -2.35. The summed E-state index contributed by atoms with van der Waals surface area (Å²) in [7, 11) is 1.84. The summed E-state index contributed by atoms with van der Waals surface area (Å²) in [5, 5.41) is 0. The van der Waals surface area contributed by atoms with Crippen LogP contribution in [0.25, 0.3) is 0 Å². The van der Waals surface area contributed by atoms with E-state index < -0.39 is 0 Å². The van der Waals surface area contributed by atoms with Crippen molar-refractivity contribution in [1.82, 2.24) is 9.80 Å². The Labute approximate surface area is 143 Å². The standard InChI is InChI=1S/C20H24N2O2/c1-21(15-17-5-3-2-4-6-17)20(23)19-9-7-18(8-10-19)16-22-11-13-24-14-12-22/h2-10H,11-16H2,1H3. The second kappa shape index (κ2) is 8.08. The Morgan fingerprint density at radius 3 is 2.33 bits per heavy atom. The highest BCUT2D eigenvalue weighted by Gasteiger charge is 2.13. The van der Waals surface area contributed by atoms with Crippen molar-refractivity contribution in [1.29, 1.82) is 0 Å². The van der Waals surface area contributed by atoms with Crippen molar-refractivity contribution in [3.8, 4) is 0 Å². The minimum Gasteiger partial charge on any atom is -0.379 e. The van der Waals surface area contributed by atoms with Crippen LogP contribution < -0.4 is 0 Å². The Bertz CT molecular complexity index is 649. The average Bonchev–Trinajstić information content (AvgIpc) is 2.63. The quantitative estimate of drug-likeness (QED) is 0.848. The average molecular weight is 324 g/mol. The number of hydrogen-bond acceptors (Lipinski definition) is 3. The molecule has 1 saturated heterocycles. The fraction of sp³-hybridized carbons (Fsp3) is 0.350. The maximum atomic E-state index is 12.5. The zero-order valence-corrected chi connectivity index (χ0v) is 14.1. The number of carbonyl (C=O) groups is 1. The van der Waals surface area contributed by atoms with E-state index in [1.165, 1.54) is 5.56 Å². The first-order valence-corrected chi connectivity index (χ1v) is 8.41. The molecule has 3 rings (SSSR count). The van der Waals surface area contributed by atoms with Crippen LogP contribution in [0.2, 0.25) is 0 Å². The number of morpholine rings is 1. The van der Waals surface area contributed by atoms with E-state index in [4.69, 9.17) is 4.74 Å². The minimum absolute atomic E-state index is 0.0526. The van der Waals surface area contributed by atoms with Crippen LogP contribution in [0.1, 0.15) is 21.5 Å². The normalized spacial score (nSPS) is 15.2. The molecule has 1 aliphatic heterocycles. The highest BCUT2D eigenvalue weighted by molar-refractivity contribution is 5.94. The smallest absolute Gasteiger partial charge is 0.253 e. The Kier molecular flexibility index (Phi) is 5.62. The van der Waals surface area contributed by atoms with Crippen LogP contribution in [0.5, 0.6) is 0 Å². The van der Waals surface area contributed by atoms with Gasteiger partial charge in [-0.25, -0.2) is 0 Å². The summed E-state index contributed by atoms with van der Waals surface area (Å²) in [6, 6.07) is 18.0. The molecule has 2 aromatic carbocycles. The van der Waals surface area contributed by atoms with Crippen LogP contribution in [-0.2, 0) is 17.8 Å². The Balaban J connectivity index is 1.58. The zero-order valence-electron chi connectivity index (χ0n) is 14.1. The molecule has 4 heteroatoms. The summed E-state index contributed by atoms with van der Waals surface area (Å²) in [6.45, 7) is 5.09. The number of carbonyl (C=O) groups excluding carboxylic acids is 1. The molecule has 1 heterocycles. The van der Waals surface area contributed by atoms with E-state index in [0.717, 1.165) is 44.0 Å². The Hall–Kier alpha value is -2.17. The highest BCUT2D eigenvalue weighted by atomic mass is 16.5. The van der Waals surface area contributed by atoms with Gasteiger partial charge >= 0.3 is 0 Å². The molecule has 4 nitrogen and oxygen atoms in total. The number of rotatable bonds is 5. The fourth-order valence-electron chi connectivity index (χ4n) is 2.92. The monoisotopic (exact) mass is 324 g/mol. The van der Waals surface area contributed by atoms with Crippen molar-refractivity contribution in [3.05, 3.63) is 71.3 Å². The van der Waals surface area contributed by atoms with Crippen LogP contribution >= 0.6 is 0 Å². The number of hydrogen-bond donors (Lipinski definition) is 0. The molecule has 24 heavy (non-hydrogen) atoms. The largest absolute Gasteiger partial charge is 0.379 e. The SMILES string of the molecule is CN(Cc1ccccc1)C(=O)c1ccc(CN2CCOCC2)cc1. The molecule has 0 radical (unpaired) electrons. The van der Waals surface area contributed by atoms with Gasteiger partial charge in [0.05, 0.1) is 13.2 Å². The van der Waals surface area contributed by atoms with Gasteiger partial charge < -0.3 is 9.64 Å². The minimum atomic E-state index is 0.0526. The molecule has 0 aromatic heterocycles. The molecule has 1 fully saturated rings. The molecular weight excluding hydrogens is 300 g/mol. The molecule has 2 aromatic rings. The molecule has 0 unspecified atom stereocenters. The third-order valence-electron chi connectivity index (χ3n) is 4.32. The van der Waals surface area contributed by atoms with Crippen LogP contribution in [0, 0.1) is 0 Å². The lowest BCUT2D eigenvalue weighted by atomic mass is 10.1. The van der Waals surface area contributed by atoms with E-state index in [-0.39, 0.29) is 5.91 Å². The van der Waals surface area contributed by atoms with Gasteiger partial charge in [-0.1, -0.05) is 42.5 Å². The summed E-state index contributed by atoms with van der Waals surface area (Å²) >= 11 is 0. The second-order valence-corrected chi connectivity index (χ2v) is 6.23. The molecular formula is C20H24N2O2. The van der Waals surface area contributed by atoms with Gasteiger partial charge in [0.15, 0.2) is 0 Å². The van der Waals surface area contributed by atoms with Gasteiger partial charge in [-0.2, -0.15) is 0 Å². The van der Waals surface area contributed by atoms with Crippen molar-refractivity contribution in [2.45, 2.75) is 13.1 Å². The maximum absolute atomic E-state index is 12.5. The van der Waals surface area contributed by atoms with Gasteiger partial charge in [0, 0.05) is 38.8 Å². The number of amides is 1. The van der Waals surface area contributed by atoms with Gasteiger partial charge in [0.25, 0.3) is 5.91 Å².